The van der Waals surface area contributed by atoms with Crippen LogP contribution in [0.2, 0.25) is 15.1 Å². The van der Waals surface area contributed by atoms with Crippen molar-refractivity contribution >= 4 is 52.8 Å². The maximum atomic E-state index is 12.7. The predicted octanol–water partition coefficient (Wildman–Crippen LogP) is 6.14. The first-order valence-corrected chi connectivity index (χ1v) is 12.5. The Morgan fingerprint density at radius 1 is 0.946 bits per heavy atom. The normalized spacial score (nSPS) is 11.9. The van der Waals surface area contributed by atoms with Gasteiger partial charge in [-0.15, -0.1) is 0 Å². The molecular formula is C27H26Cl3N3O4. The topological polar surface area (TPSA) is 89.0 Å². The number of amides is 2. The number of nitrogens with zero attached hydrogens (tertiary/aromatic N) is 1. The van der Waals surface area contributed by atoms with Gasteiger partial charge in [-0.25, -0.2) is 5.43 Å². The van der Waals surface area contributed by atoms with Crippen molar-refractivity contribution < 1.29 is 19.1 Å². The second kappa shape index (κ2) is 13.3. The molecule has 0 saturated heterocycles. The third kappa shape index (κ3) is 7.86. The summed E-state index contributed by atoms with van der Waals surface area (Å²) >= 11 is 18.1. The highest BCUT2D eigenvalue weighted by Gasteiger charge is 2.24. The third-order valence-corrected chi connectivity index (χ3v) is 6.44. The number of hydrazone groups is 1. The number of carbonyl (C=O) groups excluding carboxylic acids is 2. The number of ether oxygens (including phenoxy) is 2. The second-order valence-corrected chi connectivity index (χ2v) is 9.57. The Hall–Kier alpha value is -3.26. The van der Waals surface area contributed by atoms with Crippen LogP contribution >= 0.6 is 34.8 Å². The fourth-order valence-electron chi connectivity index (χ4n) is 3.29. The fraction of sp³-hybridized carbons (Fsp3) is 0.222. The Morgan fingerprint density at radius 3 is 2.38 bits per heavy atom. The molecule has 0 aliphatic carbocycles. The zero-order chi connectivity index (χ0) is 26.9. The summed E-state index contributed by atoms with van der Waals surface area (Å²) < 4.78 is 11.3. The minimum Gasteiger partial charge on any atom is -0.493 e. The number of nitrogens with one attached hydrogen (secondary N) is 2. The maximum Gasteiger partial charge on any atom is 0.262 e. The number of halogens is 3. The monoisotopic (exact) mass is 561 g/mol. The Morgan fingerprint density at radius 2 is 1.70 bits per heavy atom. The lowest BCUT2D eigenvalue weighted by Gasteiger charge is -2.20. The zero-order valence-electron chi connectivity index (χ0n) is 20.4. The van der Waals surface area contributed by atoms with Crippen molar-refractivity contribution in [1.82, 2.24) is 10.7 Å². The molecule has 194 valence electrons. The molecule has 3 aromatic carbocycles. The molecule has 1 atom stereocenters. The van der Waals surface area contributed by atoms with Gasteiger partial charge in [0.15, 0.2) is 11.5 Å². The van der Waals surface area contributed by atoms with Crippen LogP contribution in [0.15, 0.2) is 65.8 Å². The zero-order valence-corrected chi connectivity index (χ0v) is 22.7. The van der Waals surface area contributed by atoms with Gasteiger partial charge in [-0.2, -0.15) is 5.10 Å². The maximum absolute atomic E-state index is 12.7. The van der Waals surface area contributed by atoms with Gasteiger partial charge in [-0.1, -0.05) is 66.8 Å². The number of rotatable bonds is 10. The van der Waals surface area contributed by atoms with Crippen molar-refractivity contribution in [3.05, 3.63) is 92.4 Å². The minimum absolute atomic E-state index is 0.198. The number of methoxy groups -OCH3 is 1. The lowest BCUT2D eigenvalue weighted by Crippen LogP contribution is -2.48. The van der Waals surface area contributed by atoms with Gasteiger partial charge in [0.2, 0.25) is 0 Å². The Kier molecular flexibility index (Phi) is 10.2. The molecular weight excluding hydrogens is 537 g/mol. The van der Waals surface area contributed by atoms with E-state index in [-0.39, 0.29) is 17.5 Å². The summed E-state index contributed by atoms with van der Waals surface area (Å²) in [6.07, 6.45) is 1.47. The van der Waals surface area contributed by atoms with Gasteiger partial charge in [0.05, 0.1) is 23.4 Å². The SMILES string of the molecule is COc1cc(/C=N/NC(=O)C(NC(=O)c2ccc(Cl)c(Cl)c2)C(C)C)ccc1OCc1ccccc1Cl. The lowest BCUT2D eigenvalue weighted by molar-refractivity contribution is -0.123. The van der Waals surface area contributed by atoms with E-state index in [0.717, 1.165) is 5.56 Å². The first-order chi connectivity index (χ1) is 17.7. The number of hydrogen-bond donors (Lipinski definition) is 2. The van der Waals surface area contributed by atoms with Crippen molar-refractivity contribution in [2.24, 2.45) is 11.0 Å². The van der Waals surface area contributed by atoms with E-state index in [0.29, 0.717) is 32.7 Å². The van der Waals surface area contributed by atoms with Crippen molar-refractivity contribution in [3.63, 3.8) is 0 Å². The molecule has 0 spiro atoms. The molecule has 3 aromatic rings. The van der Waals surface area contributed by atoms with Gasteiger partial charge in [0.25, 0.3) is 11.8 Å². The van der Waals surface area contributed by atoms with E-state index in [4.69, 9.17) is 44.3 Å². The molecule has 0 radical (unpaired) electrons. The van der Waals surface area contributed by atoms with E-state index >= 15 is 0 Å². The molecule has 0 fully saturated rings. The first kappa shape index (κ1) is 28.3. The van der Waals surface area contributed by atoms with E-state index in [1.807, 2.05) is 32.0 Å². The fourth-order valence-corrected chi connectivity index (χ4v) is 3.78. The summed E-state index contributed by atoms with van der Waals surface area (Å²) in [6.45, 7) is 3.91. The highest BCUT2D eigenvalue weighted by Crippen LogP contribution is 2.29. The van der Waals surface area contributed by atoms with Crippen LogP contribution in [-0.4, -0.2) is 31.2 Å². The molecule has 0 heterocycles. The van der Waals surface area contributed by atoms with Crippen LogP contribution in [0.1, 0.15) is 35.3 Å². The summed E-state index contributed by atoms with van der Waals surface area (Å²) in [4.78, 5) is 25.4. The lowest BCUT2D eigenvalue weighted by atomic mass is 10.0. The van der Waals surface area contributed by atoms with Crippen molar-refractivity contribution in [2.45, 2.75) is 26.5 Å². The summed E-state index contributed by atoms with van der Waals surface area (Å²) in [6, 6.07) is 16.3. The molecule has 10 heteroatoms. The summed E-state index contributed by atoms with van der Waals surface area (Å²) in [5, 5.41) is 7.95. The molecule has 37 heavy (non-hydrogen) atoms. The largest absolute Gasteiger partial charge is 0.493 e. The summed E-state index contributed by atoms with van der Waals surface area (Å²) in [5.41, 5.74) is 4.29. The van der Waals surface area contributed by atoms with Crippen LogP contribution in [0.4, 0.5) is 0 Å². The van der Waals surface area contributed by atoms with Gasteiger partial charge in [-0.05, 0) is 53.9 Å². The van der Waals surface area contributed by atoms with Crippen LogP contribution in [0.25, 0.3) is 0 Å². The van der Waals surface area contributed by atoms with Crippen LogP contribution in [0, 0.1) is 5.92 Å². The molecule has 0 aliphatic rings. The van der Waals surface area contributed by atoms with Crippen LogP contribution in [-0.2, 0) is 11.4 Å². The molecule has 3 rings (SSSR count). The van der Waals surface area contributed by atoms with Crippen LogP contribution in [0.5, 0.6) is 11.5 Å². The van der Waals surface area contributed by atoms with Gasteiger partial charge in [-0.3, -0.25) is 9.59 Å². The Bertz CT molecular complexity index is 1300. The molecule has 1 unspecified atom stereocenters. The number of benzene rings is 3. The van der Waals surface area contributed by atoms with Gasteiger partial charge >= 0.3 is 0 Å². The molecule has 7 nitrogen and oxygen atoms in total. The van der Waals surface area contributed by atoms with E-state index in [1.165, 1.54) is 31.5 Å². The van der Waals surface area contributed by atoms with E-state index in [9.17, 15) is 9.59 Å². The number of hydrogen-bond acceptors (Lipinski definition) is 5. The van der Waals surface area contributed by atoms with Crippen molar-refractivity contribution in [2.75, 3.05) is 7.11 Å². The first-order valence-electron chi connectivity index (χ1n) is 11.3. The van der Waals surface area contributed by atoms with Crippen LogP contribution in [0.3, 0.4) is 0 Å². The molecule has 0 aromatic heterocycles. The predicted molar refractivity (Wildman–Crippen MR) is 147 cm³/mol. The summed E-state index contributed by atoms with van der Waals surface area (Å²) in [7, 11) is 1.53. The summed E-state index contributed by atoms with van der Waals surface area (Å²) in [5.74, 6) is -0.0823. The average molecular weight is 563 g/mol. The molecule has 2 amide bonds. The Labute approximate surface area is 230 Å². The number of carbonyl (C=O) groups is 2. The molecule has 2 N–H and O–H groups in total. The van der Waals surface area contributed by atoms with Crippen molar-refractivity contribution in [1.29, 1.82) is 0 Å². The van der Waals surface area contributed by atoms with Crippen LogP contribution < -0.4 is 20.2 Å². The van der Waals surface area contributed by atoms with E-state index in [1.54, 1.807) is 24.3 Å². The van der Waals surface area contributed by atoms with Gasteiger partial charge < -0.3 is 14.8 Å². The van der Waals surface area contributed by atoms with Gasteiger partial charge in [0.1, 0.15) is 12.6 Å². The van der Waals surface area contributed by atoms with Crippen molar-refractivity contribution in [3.8, 4) is 11.5 Å². The standard InChI is InChI=1S/C27H26Cl3N3O4/c1-16(2)25(32-26(34)18-9-10-21(29)22(30)13-18)27(35)33-31-14-17-8-11-23(24(12-17)36-3)37-15-19-6-4-5-7-20(19)28/h4-14,16,25H,15H2,1-3H3,(H,32,34)(H,33,35)/b31-14+. The van der Waals surface area contributed by atoms with Gasteiger partial charge in [0, 0.05) is 16.1 Å². The molecule has 0 bridgehead atoms. The average Bonchev–Trinajstić information content (AvgIpc) is 2.88. The molecule has 0 aliphatic heterocycles. The highest BCUT2D eigenvalue weighted by atomic mass is 35.5. The van der Waals surface area contributed by atoms with E-state index in [2.05, 4.69) is 15.8 Å². The highest BCUT2D eigenvalue weighted by molar-refractivity contribution is 6.42. The second-order valence-electron chi connectivity index (χ2n) is 8.35. The smallest absolute Gasteiger partial charge is 0.262 e. The quantitative estimate of drug-likeness (QED) is 0.229. The molecule has 0 saturated carbocycles. The minimum atomic E-state index is -0.825. The van der Waals surface area contributed by atoms with E-state index < -0.39 is 17.9 Å². The third-order valence-electron chi connectivity index (χ3n) is 5.33. The Balaban J connectivity index is 1.62.